The van der Waals surface area contributed by atoms with Gasteiger partial charge in [-0.3, -0.25) is 0 Å². The van der Waals surface area contributed by atoms with Crippen LogP contribution < -0.4 is 10.6 Å². The lowest BCUT2D eigenvalue weighted by atomic mass is 10.0. The lowest BCUT2D eigenvalue weighted by Gasteiger charge is -2.29. The minimum Gasteiger partial charge on any atom is -0.383 e. The summed E-state index contributed by atoms with van der Waals surface area (Å²) < 4.78 is 0.716. The Morgan fingerprint density at radius 2 is 2.06 bits per heavy atom. The molecule has 2 aromatic rings. The van der Waals surface area contributed by atoms with Gasteiger partial charge < -0.3 is 10.6 Å². The summed E-state index contributed by atoms with van der Waals surface area (Å²) in [4.78, 5) is 10.9. The molecule has 1 aromatic carbocycles. The molecule has 1 aliphatic heterocycles. The van der Waals surface area contributed by atoms with Gasteiger partial charge in [-0.1, -0.05) is 18.2 Å². The molecule has 2 N–H and O–H groups in total. The second-order valence-electron chi connectivity index (χ2n) is 4.30. The Hall–Kier alpha value is -1.62. The van der Waals surface area contributed by atoms with Crippen molar-refractivity contribution in [2.24, 2.45) is 0 Å². The van der Waals surface area contributed by atoms with Crippen LogP contribution in [0.1, 0.15) is 12.0 Å². The number of para-hydroxylation sites is 1. The van der Waals surface area contributed by atoms with Crippen molar-refractivity contribution < 1.29 is 0 Å². The minimum atomic E-state index is 0.481. The fourth-order valence-corrected chi connectivity index (χ4v) is 2.68. The molecule has 0 atom stereocenters. The van der Waals surface area contributed by atoms with E-state index < -0.39 is 0 Å². The number of aryl methyl sites for hydroxylation is 1. The highest BCUT2D eigenvalue weighted by Crippen LogP contribution is 2.32. The third-order valence-corrected chi connectivity index (χ3v) is 3.46. The van der Waals surface area contributed by atoms with Crippen LogP contribution in [0.15, 0.2) is 34.9 Å². The number of nitrogen functional groups attached to an aromatic ring is 1. The number of fused-ring (bicyclic) bond motifs is 1. The molecule has 0 aliphatic carbocycles. The number of halogens is 1. The minimum absolute atomic E-state index is 0.481. The molecule has 3 rings (SSSR count). The standard InChI is InChI=1S/C13H13BrN4/c14-11-8-12(15)17-13(16-11)18-7-3-5-9-4-1-2-6-10(9)18/h1-2,4,6,8H,3,5,7H2,(H2,15,16,17). The number of nitrogens with two attached hydrogens (primary N) is 1. The fraction of sp³-hybridized carbons (Fsp3) is 0.231. The molecule has 4 nitrogen and oxygen atoms in total. The third-order valence-electron chi connectivity index (χ3n) is 3.05. The third kappa shape index (κ3) is 2.06. The highest BCUT2D eigenvalue weighted by Gasteiger charge is 2.20. The van der Waals surface area contributed by atoms with Gasteiger partial charge in [-0.15, -0.1) is 0 Å². The van der Waals surface area contributed by atoms with Crippen molar-refractivity contribution in [2.75, 3.05) is 17.2 Å². The normalized spacial score (nSPS) is 14.4. The Bertz CT molecular complexity index is 565. The molecule has 0 bridgehead atoms. The number of anilines is 3. The van der Waals surface area contributed by atoms with Crippen molar-refractivity contribution in [3.8, 4) is 0 Å². The van der Waals surface area contributed by atoms with Crippen LogP contribution >= 0.6 is 15.9 Å². The van der Waals surface area contributed by atoms with Gasteiger partial charge in [0.25, 0.3) is 0 Å². The maximum Gasteiger partial charge on any atom is 0.232 e. The zero-order chi connectivity index (χ0) is 12.5. The van der Waals surface area contributed by atoms with Crippen molar-refractivity contribution >= 4 is 33.4 Å². The highest BCUT2D eigenvalue weighted by molar-refractivity contribution is 9.10. The molecule has 92 valence electrons. The molecule has 0 unspecified atom stereocenters. The number of hydrogen-bond acceptors (Lipinski definition) is 4. The lowest BCUT2D eigenvalue weighted by molar-refractivity contribution is 0.750. The summed E-state index contributed by atoms with van der Waals surface area (Å²) in [7, 11) is 0. The summed E-state index contributed by atoms with van der Waals surface area (Å²) in [6.07, 6.45) is 2.21. The van der Waals surface area contributed by atoms with Crippen molar-refractivity contribution in [3.63, 3.8) is 0 Å². The predicted molar refractivity (Wildman–Crippen MR) is 75.9 cm³/mol. The molecule has 2 heterocycles. The number of aromatic nitrogens is 2. The maximum absolute atomic E-state index is 5.78. The number of hydrogen-bond donors (Lipinski definition) is 1. The van der Waals surface area contributed by atoms with Crippen LogP contribution in [0.4, 0.5) is 17.5 Å². The van der Waals surface area contributed by atoms with Gasteiger partial charge in [-0.05, 0) is 40.4 Å². The molecule has 0 spiro atoms. The molecule has 0 amide bonds. The summed E-state index contributed by atoms with van der Waals surface area (Å²) in [5.74, 6) is 1.14. The van der Waals surface area contributed by atoms with E-state index in [2.05, 4.69) is 49.0 Å². The van der Waals surface area contributed by atoms with Gasteiger partial charge in [0, 0.05) is 18.3 Å². The SMILES string of the molecule is Nc1cc(Br)nc(N2CCCc3ccccc32)n1. The monoisotopic (exact) mass is 304 g/mol. The second kappa shape index (κ2) is 4.57. The molecule has 0 fully saturated rings. The highest BCUT2D eigenvalue weighted by atomic mass is 79.9. The van der Waals surface area contributed by atoms with Crippen LogP contribution in [0, 0.1) is 0 Å². The number of nitrogens with zero attached hydrogens (tertiary/aromatic N) is 3. The predicted octanol–water partition coefficient (Wildman–Crippen LogP) is 2.91. The van der Waals surface area contributed by atoms with Crippen LogP contribution in [0.2, 0.25) is 0 Å². The van der Waals surface area contributed by atoms with Gasteiger partial charge >= 0.3 is 0 Å². The summed E-state index contributed by atoms with van der Waals surface area (Å²) in [6.45, 7) is 0.924. The van der Waals surface area contributed by atoms with E-state index in [1.54, 1.807) is 6.07 Å². The number of benzene rings is 1. The van der Waals surface area contributed by atoms with Crippen molar-refractivity contribution in [1.29, 1.82) is 0 Å². The summed E-state index contributed by atoms with van der Waals surface area (Å²) >= 11 is 3.36. The van der Waals surface area contributed by atoms with E-state index in [-0.39, 0.29) is 0 Å². The molecule has 1 aliphatic rings. The van der Waals surface area contributed by atoms with E-state index in [4.69, 9.17) is 5.73 Å². The Kier molecular flexibility index (Phi) is 2.91. The van der Waals surface area contributed by atoms with Crippen LogP contribution in [0.3, 0.4) is 0 Å². The van der Waals surface area contributed by atoms with E-state index in [1.165, 1.54) is 11.3 Å². The first-order valence-electron chi connectivity index (χ1n) is 5.89. The molecular formula is C13H13BrN4. The molecule has 18 heavy (non-hydrogen) atoms. The van der Waals surface area contributed by atoms with E-state index >= 15 is 0 Å². The van der Waals surface area contributed by atoms with Gasteiger partial charge in [-0.25, -0.2) is 4.98 Å². The maximum atomic E-state index is 5.78. The lowest BCUT2D eigenvalue weighted by Crippen LogP contribution is -2.26. The summed E-state index contributed by atoms with van der Waals surface area (Å²) in [6, 6.07) is 10.1. The second-order valence-corrected chi connectivity index (χ2v) is 5.11. The Morgan fingerprint density at radius 1 is 1.22 bits per heavy atom. The van der Waals surface area contributed by atoms with Gasteiger partial charge in [-0.2, -0.15) is 4.98 Å². The largest absolute Gasteiger partial charge is 0.383 e. The first-order chi connectivity index (χ1) is 8.74. The van der Waals surface area contributed by atoms with Gasteiger partial charge in [0.15, 0.2) is 0 Å². The van der Waals surface area contributed by atoms with E-state index in [0.29, 0.717) is 16.4 Å². The van der Waals surface area contributed by atoms with E-state index in [0.717, 1.165) is 19.4 Å². The molecule has 5 heteroatoms. The topological polar surface area (TPSA) is 55.0 Å². The first-order valence-corrected chi connectivity index (χ1v) is 6.69. The molecule has 0 saturated heterocycles. The molecular weight excluding hydrogens is 292 g/mol. The van der Waals surface area contributed by atoms with Gasteiger partial charge in [0.05, 0.1) is 0 Å². The smallest absolute Gasteiger partial charge is 0.232 e. The Labute approximate surface area is 114 Å². The Balaban J connectivity index is 2.08. The first kappa shape index (κ1) is 11.5. The van der Waals surface area contributed by atoms with Crippen molar-refractivity contribution in [3.05, 3.63) is 40.5 Å². The Morgan fingerprint density at radius 3 is 2.89 bits per heavy atom. The van der Waals surface area contributed by atoms with Crippen LogP contribution in [0.25, 0.3) is 0 Å². The molecule has 0 radical (unpaired) electrons. The zero-order valence-corrected chi connectivity index (χ0v) is 11.4. The fourth-order valence-electron chi connectivity index (χ4n) is 2.28. The molecule has 1 aromatic heterocycles. The number of rotatable bonds is 1. The van der Waals surface area contributed by atoms with E-state index in [1.807, 2.05) is 6.07 Å². The van der Waals surface area contributed by atoms with E-state index in [9.17, 15) is 0 Å². The van der Waals surface area contributed by atoms with Gasteiger partial charge in [0.1, 0.15) is 10.4 Å². The van der Waals surface area contributed by atoms with Crippen LogP contribution in [0.5, 0.6) is 0 Å². The van der Waals surface area contributed by atoms with Crippen LogP contribution in [-0.4, -0.2) is 16.5 Å². The quantitative estimate of drug-likeness (QED) is 0.823. The van der Waals surface area contributed by atoms with Crippen molar-refractivity contribution in [1.82, 2.24) is 9.97 Å². The van der Waals surface area contributed by atoms with Crippen molar-refractivity contribution in [2.45, 2.75) is 12.8 Å². The average Bonchev–Trinajstić information content (AvgIpc) is 2.37. The van der Waals surface area contributed by atoms with Crippen LogP contribution in [-0.2, 0) is 6.42 Å². The van der Waals surface area contributed by atoms with Gasteiger partial charge in [0.2, 0.25) is 5.95 Å². The molecule has 0 saturated carbocycles. The summed E-state index contributed by atoms with van der Waals surface area (Å²) in [5.41, 5.74) is 8.30. The zero-order valence-electron chi connectivity index (χ0n) is 9.81. The summed E-state index contributed by atoms with van der Waals surface area (Å²) in [5, 5.41) is 0. The average molecular weight is 305 g/mol.